The molecule has 0 N–H and O–H groups in total. The molecular formula is C20H25N3O3S. The highest BCUT2D eigenvalue weighted by atomic mass is 32.2. The van der Waals surface area contributed by atoms with Crippen LogP contribution in [0.15, 0.2) is 53.4 Å². The summed E-state index contributed by atoms with van der Waals surface area (Å²) in [6, 6.07) is 14.9. The Morgan fingerprint density at radius 3 is 2.19 bits per heavy atom. The zero-order valence-corrected chi connectivity index (χ0v) is 16.7. The number of nitrogens with zero attached hydrogens (tertiary/aromatic N) is 3. The van der Waals surface area contributed by atoms with Gasteiger partial charge in [0.25, 0.3) is 5.91 Å². The Morgan fingerprint density at radius 1 is 0.963 bits per heavy atom. The van der Waals surface area contributed by atoms with E-state index in [2.05, 4.69) is 17.0 Å². The largest absolute Gasteiger partial charge is 0.368 e. The molecule has 1 aliphatic heterocycles. The van der Waals surface area contributed by atoms with Crippen molar-refractivity contribution in [3.05, 3.63) is 59.7 Å². The molecule has 0 aromatic heterocycles. The molecule has 1 amide bonds. The van der Waals surface area contributed by atoms with Gasteiger partial charge in [0.2, 0.25) is 10.0 Å². The molecule has 0 radical (unpaired) electrons. The van der Waals surface area contributed by atoms with Crippen LogP contribution >= 0.6 is 0 Å². The third kappa shape index (κ3) is 3.99. The minimum atomic E-state index is -3.57. The van der Waals surface area contributed by atoms with Gasteiger partial charge in [-0.1, -0.05) is 24.3 Å². The van der Waals surface area contributed by atoms with Gasteiger partial charge in [-0.3, -0.25) is 4.79 Å². The summed E-state index contributed by atoms with van der Waals surface area (Å²) >= 11 is 0. The molecule has 0 bridgehead atoms. The molecule has 0 unspecified atom stereocenters. The van der Waals surface area contributed by atoms with Crippen LogP contribution in [0, 0.1) is 6.92 Å². The van der Waals surface area contributed by atoms with Crippen molar-refractivity contribution in [2.45, 2.75) is 11.8 Å². The number of benzene rings is 2. The van der Waals surface area contributed by atoms with Gasteiger partial charge in [0.05, 0.1) is 4.90 Å². The van der Waals surface area contributed by atoms with Gasteiger partial charge < -0.3 is 9.80 Å². The van der Waals surface area contributed by atoms with Gasteiger partial charge in [0.1, 0.15) is 0 Å². The third-order valence-corrected chi connectivity index (χ3v) is 6.72. The molecule has 6 nitrogen and oxygen atoms in total. The van der Waals surface area contributed by atoms with Gasteiger partial charge >= 0.3 is 0 Å². The highest BCUT2D eigenvalue weighted by Crippen LogP contribution is 2.21. The average molecular weight is 388 g/mol. The van der Waals surface area contributed by atoms with Gasteiger partial charge in [-0.2, -0.15) is 0 Å². The lowest BCUT2D eigenvalue weighted by Gasteiger charge is -2.36. The summed E-state index contributed by atoms with van der Waals surface area (Å²) in [6.07, 6.45) is 0. The quantitative estimate of drug-likeness (QED) is 0.807. The maximum atomic E-state index is 13.0. The molecule has 1 saturated heterocycles. The number of para-hydroxylation sites is 1. The summed E-state index contributed by atoms with van der Waals surface area (Å²) in [4.78, 5) is 17.2. The van der Waals surface area contributed by atoms with E-state index in [1.54, 1.807) is 17.0 Å². The van der Waals surface area contributed by atoms with Crippen LogP contribution in [0.4, 0.5) is 5.69 Å². The van der Waals surface area contributed by atoms with E-state index in [1.807, 2.05) is 25.1 Å². The Kier molecular flexibility index (Phi) is 5.53. The first-order chi connectivity index (χ1) is 12.8. The zero-order chi connectivity index (χ0) is 19.6. The molecule has 3 rings (SSSR count). The normalized spacial score (nSPS) is 15.3. The Balaban J connectivity index is 1.77. The molecule has 1 heterocycles. The number of carbonyl (C=O) groups is 1. The molecule has 2 aromatic carbocycles. The van der Waals surface area contributed by atoms with E-state index >= 15 is 0 Å². The Labute approximate surface area is 161 Å². The first-order valence-electron chi connectivity index (χ1n) is 8.93. The molecule has 2 aromatic rings. The number of anilines is 1. The highest BCUT2D eigenvalue weighted by Gasteiger charge is 2.25. The fourth-order valence-corrected chi connectivity index (χ4v) is 4.11. The molecule has 1 aliphatic rings. The molecule has 0 atom stereocenters. The summed E-state index contributed by atoms with van der Waals surface area (Å²) < 4.78 is 25.9. The van der Waals surface area contributed by atoms with Gasteiger partial charge in [-0.05, 0) is 36.8 Å². The maximum Gasteiger partial charge on any atom is 0.254 e. The van der Waals surface area contributed by atoms with E-state index in [1.165, 1.54) is 20.2 Å². The Bertz CT molecular complexity index is 919. The number of hydrogen-bond donors (Lipinski definition) is 0. The van der Waals surface area contributed by atoms with Crippen molar-refractivity contribution < 1.29 is 13.2 Å². The number of aryl methyl sites for hydroxylation is 1. The van der Waals surface area contributed by atoms with Crippen molar-refractivity contribution in [2.24, 2.45) is 0 Å². The summed E-state index contributed by atoms with van der Waals surface area (Å²) in [5.74, 6) is -0.115. The van der Waals surface area contributed by atoms with Crippen molar-refractivity contribution in [3.63, 3.8) is 0 Å². The van der Waals surface area contributed by atoms with E-state index in [0.717, 1.165) is 28.6 Å². The van der Waals surface area contributed by atoms with Crippen LogP contribution in [0.2, 0.25) is 0 Å². The van der Waals surface area contributed by atoms with E-state index in [-0.39, 0.29) is 10.8 Å². The fraction of sp³-hybridized carbons (Fsp3) is 0.350. The fourth-order valence-electron chi connectivity index (χ4n) is 3.18. The standard InChI is InChI=1S/C20H25N3O3S/c1-16-9-10-18(27(25,26)21(2)3)15-19(16)20(24)23-13-11-22(12-14-23)17-7-5-4-6-8-17/h4-10,15H,11-14H2,1-3H3. The topological polar surface area (TPSA) is 60.9 Å². The summed E-state index contributed by atoms with van der Waals surface area (Å²) in [7, 11) is -0.600. The minimum Gasteiger partial charge on any atom is -0.368 e. The first kappa shape index (κ1) is 19.4. The molecule has 0 saturated carbocycles. The van der Waals surface area contributed by atoms with Crippen molar-refractivity contribution in [1.29, 1.82) is 0 Å². The lowest BCUT2D eigenvalue weighted by Crippen LogP contribution is -2.49. The van der Waals surface area contributed by atoms with Crippen LogP contribution in [0.3, 0.4) is 0 Å². The molecule has 0 spiro atoms. The van der Waals surface area contributed by atoms with Crippen molar-refractivity contribution >= 4 is 21.6 Å². The molecule has 144 valence electrons. The SMILES string of the molecule is Cc1ccc(S(=O)(=O)N(C)C)cc1C(=O)N1CCN(c2ccccc2)CC1. The summed E-state index contributed by atoms with van der Waals surface area (Å²) in [6.45, 7) is 4.56. The van der Waals surface area contributed by atoms with Crippen molar-refractivity contribution in [2.75, 3.05) is 45.2 Å². The minimum absolute atomic E-state index is 0.115. The van der Waals surface area contributed by atoms with Crippen molar-refractivity contribution in [1.82, 2.24) is 9.21 Å². The number of piperazine rings is 1. The number of sulfonamides is 1. The van der Waals surface area contributed by atoms with Crippen molar-refractivity contribution in [3.8, 4) is 0 Å². The summed E-state index contributed by atoms with van der Waals surface area (Å²) in [5.41, 5.74) is 2.38. The number of hydrogen-bond acceptors (Lipinski definition) is 4. The molecule has 0 aliphatic carbocycles. The lowest BCUT2D eigenvalue weighted by molar-refractivity contribution is 0.0746. The van der Waals surface area contributed by atoms with E-state index < -0.39 is 10.0 Å². The third-order valence-electron chi connectivity index (χ3n) is 4.91. The molecule has 7 heteroatoms. The van der Waals surface area contributed by atoms with E-state index in [0.29, 0.717) is 18.7 Å². The second-order valence-corrected chi connectivity index (χ2v) is 9.03. The van der Waals surface area contributed by atoms with Crippen LogP contribution in [0.5, 0.6) is 0 Å². The lowest BCUT2D eigenvalue weighted by atomic mass is 10.1. The second kappa shape index (κ2) is 7.70. The van der Waals surface area contributed by atoms with Crippen LogP contribution in [0.1, 0.15) is 15.9 Å². The van der Waals surface area contributed by atoms with Gasteiger partial charge in [-0.25, -0.2) is 12.7 Å². The van der Waals surface area contributed by atoms with Gasteiger partial charge in [0.15, 0.2) is 0 Å². The molecular weight excluding hydrogens is 362 g/mol. The second-order valence-electron chi connectivity index (χ2n) is 6.88. The van der Waals surface area contributed by atoms with Gasteiger partial charge in [0, 0.05) is 51.5 Å². The average Bonchev–Trinajstić information content (AvgIpc) is 2.68. The van der Waals surface area contributed by atoms with Crippen LogP contribution in [0.25, 0.3) is 0 Å². The summed E-state index contributed by atoms with van der Waals surface area (Å²) in [5, 5.41) is 0. The van der Waals surface area contributed by atoms with Crippen LogP contribution in [-0.2, 0) is 10.0 Å². The van der Waals surface area contributed by atoms with E-state index in [4.69, 9.17) is 0 Å². The predicted molar refractivity (Wildman–Crippen MR) is 107 cm³/mol. The smallest absolute Gasteiger partial charge is 0.254 e. The number of rotatable bonds is 4. The van der Waals surface area contributed by atoms with E-state index in [9.17, 15) is 13.2 Å². The molecule has 27 heavy (non-hydrogen) atoms. The monoisotopic (exact) mass is 387 g/mol. The number of amides is 1. The van der Waals surface area contributed by atoms with Gasteiger partial charge in [-0.15, -0.1) is 0 Å². The van der Waals surface area contributed by atoms with Crippen LogP contribution in [-0.4, -0.2) is 63.8 Å². The number of carbonyl (C=O) groups excluding carboxylic acids is 1. The Hall–Kier alpha value is -2.38. The highest BCUT2D eigenvalue weighted by molar-refractivity contribution is 7.89. The first-order valence-corrected chi connectivity index (χ1v) is 10.4. The Morgan fingerprint density at radius 2 is 1.59 bits per heavy atom. The maximum absolute atomic E-state index is 13.0. The van der Waals surface area contributed by atoms with Crippen LogP contribution < -0.4 is 4.90 Å². The zero-order valence-electron chi connectivity index (χ0n) is 15.9. The predicted octanol–water partition coefficient (Wildman–Crippen LogP) is 2.21. The molecule has 1 fully saturated rings.